The van der Waals surface area contributed by atoms with Crippen molar-refractivity contribution in [2.45, 2.75) is 31.8 Å². The molecule has 0 aromatic heterocycles. The summed E-state index contributed by atoms with van der Waals surface area (Å²) in [5.74, 6) is 0.869. The number of anilines is 1. The van der Waals surface area contributed by atoms with E-state index in [4.69, 9.17) is 10.5 Å². The number of Topliss-reactive ketones (excluding diaryl/α,β-unsaturated/α-hetero) is 1. The Bertz CT molecular complexity index is 505. The van der Waals surface area contributed by atoms with Crippen molar-refractivity contribution < 1.29 is 9.53 Å². The van der Waals surface area contributed by atoms with Crippen LogP contribution in [0.5, 0.6) is 5.75 Å². The van der Waals surface area contributed by atoms with Gasteiger partial charge in [-0.05, 0) is 24.7 Å². The number of ether oxygens (including phenoxy) is 1. The van der Waals surface area contributed by atoms with Crippen molar-refractivity contribution in [3.63, 3.8) is 0 Å². The van der Waals surface area contributed by atoms with E-state index in [2.05, 4.69) is 11.8 Å². The van der Waals surface area contributed by atoms with Crippen molar-refractivity contribution in [2.75, 3.05) is 25.4 Å². The van der Waals surface area contributed by atoms with Crippen molar-refractivity contribution in [1.29, 1.82) is 0 Å². The molecule has 102 valence electrons. The second-order valence-electron chi connectivity index (χ2n) is 5.57. The monoisotopic (exact) mass is 260 g/mol. The number of rotatable bonds is 1. The normalized spacial score (nSPS) is 22.1. The fourth-order valence-corrected chi connectivity index (χ4v) is 3.07. The summed E-state index contributed by atoms with van der Waals surface area (Å²) in [6.07, 6.45) is 2.34. The van der Waals surface area contributed by atoms with Crippen molar-refractivity contribution in [3.05, 3.63) is 23.8 Å². The molecule has 2 heterocycles. The van der Waals surface area contributed by atoms with Crippen LogP contribution in [0.4, 0.5) is 5.69 Å². The minimum Gasteiger partial charge on any atom is -0.486 e. The fraction of sp³-hybridized carbons (Fsp3) is 0.533. The van der Waals surface area contributed by atoms with Crippen molar-refractivity contribution in [1.82, 2.24) is 4.90 Å². The molecule has 0 amide bonds. The first-order valence-corrected chi connectivity index (χ1v) is 6.96. The van der Waals surface area contributed by atoms with Gasteiger partial charge in [-0.15, -0.1) is 0 Å². The predicted octanol–water partition coefficient (Wildman–Crippen LogP) is 2.09. The number of carbonyl (C=O) groups excluding carboxylic acids is 1. The number of nitrogen functional groups attached to an aromatic ring is 1. The van der Waals surface area contributed by atoms with Gasteiger partial charge in [-0.2, -0.15) is 0 Å². The number of hydrogen-bond donors (Lipinski definition) is 1. The third-order valence-electron chi connectivity index (χ3n) is 4.33. The van der Waals surface area contributed by atoms with Gasteiger partial charge < -0.3 is 15.4 Å². The molecular weight excluding hydrogens is 240 g/mol. The zero-order chi connectivity index (χ0) is 13.5. The van der Waals surface area contributed by atoms with Crippen LogP contribution in [-0.2, 0) is 0 Å². The van der Waals surface area contributed by atoms with Gasteiger partial charge in [-0.3, -0.25) is 4.79 Å². The Balaban J connectivity index is 1.85. The van der Waals surface area contributed by atoms with Crippen LogP contribution in [0.25, 0.3) is 0 Å². The Morgan fingerprint density at radius 2 is 2.11 bits per heavy atom. The Morgan fingerprint density at radius 1 is 1.37 bits per heavy atom. The average molecular weight is 260 g/mol. The molecule has 4 heteroatoms. The van der Waals surface area contributed by atoms with E-state index in [9.17, 15) is 4.79 Å². The molecule has 1 aromatic carbocycles. The van der Waals surface area contributed by atoms with Crippen LogP contribution in [0.1, 0.15) is 36.5 Å². The number of likely N-dealkylation sites (tertiary alicyclic amines) is 1. The number of benzene rings is 1. The van der Waals surface area contributed by atoms with E-state index in [1.54, 1.807) is 12.1 Å². The van der Waals surface area contributed by atoms with Gasteiger partial charge >= 0.3 is 0 Å². The summed E-state index contributed by atoms with van der Waals surface area (Å²) in [4.78, 5) is 14.7. The molecule has 0 radical (unpaired) electrons. The Labute approximate surface area is 113 Å². The Morgan fingerprint density at radius 3 is 2.79 bits per heavy atom. The number of ketones is 1. The van der Waals surface area contributed by atoms with E-state index in [1.165, 1.54) is 0 Å². The third kappa shape index (κ3) is 2.21. The van der Waals surface area contributed by atoms with Crippen LogP contribution in [0.15, 0.2) is 18.2 Å². The summed E-state index contributed by atoms with van der Waals surface area (Å²) < 4.78 is 6.18. The van der Waals surface area contributed by atoms with E-state index < -0.39 is 0 Å². The predicted molar refractivity (Wildman–Crippen MR) is 74.5 cm³/mol. The minimum absolute atomic E-state index is 0.165. The molecule has 0 bridgehead atoms. The topological polar surface area (TPSA) is 55.6 Å². The molecule has 1 fully saturated rings. The number of nitrogens with two attached hydrogens (primary N) is 1. The number of piperidine rings is 1. The standard InChI is InChI=1S/C15H20N2O2/c1-2-17-7-5-15(6-8-17)10-13(18)12-9-11(16)3-4-14(12)19-15/h3-4,9H,2,5-8,10,16H2,1H3. The maximum atomic E-state index is 12.3. The molecule has 2 N–H and O–H groups in total. The highest BCUT2D eigenvalue weighted by molar-refractivity contribution is 6.01. The van der Waals surface area contributed by atoms with Gasteiger partial charge in [0.25, 0.3) is 0 Å². The lowest BCUT2D eigenvalue weighted by atomic mass is 9.82. The second kappa shape index (κ2) is 4.53. The number of nitrogens with zero attached hydrogens (tertiary/aromatic N) is 1. The van der Waals surface area contributed by atoms with Gasteiger partial charge in [0.05, 0.1) is 12.0 Å². The molecule has 3 rings (SSSR count). The molecule has 1 aromatic rings. The lowest BCUT2D eigenvalue weighted by Gasteiger charge is -2.43. The van der Waals surface area contributed by atoms with Gasteiger partial charge in [0.1, 0.15) is 11.4 Å². The van der Waals surface area contributed by atoms with E-state index in [-0.39, 0.29) is 11.4 Å². The Hall–Kier alpha value is -1.55. The van der Waals surface area contributed by atoms with E-state index >= 15 is 0 Å². The first-order chi connectivity index (χ1) is 9.12. The van der Waals surface area contributed by atoms with Gasteiger partial charge in [0.2, 0.25) is 0 Å². The van der Waals surface area contributed by atoms with Gasteiger partial charge in [0, 0.05) is 31.6 Å². The van der Waals surface area contributed by atoms with Gasteiger partial charge in [-0.25, -0.2) is 0 Å². The molecule has 2 aliphatic rings. The zero-order valence-corrected chi connectivity index (χ0v) is 11.3. The van der Waals surface area contributed by atoms with E-state index in [1.807, 2.05) is 6.07 Å². The molecule has 0 atom stereocenters. The molecule has 1 spiro atoms. The summed E-state index contributed by atoms with van der Waals surface area (Å²) in [7, 11) is 0. The summed E-state index contributed by atoms with van der Waals surface area (Å²) in [6.45, 7) is 5.25. The van der Waals surface area contributed by atoms with Gasteiger partial charge in [-0.1, -0.05) is 6.92 Å². The molecular formula is C15H20N2O2. The van der Waals surface area contributed by atoms with Crippen LogP contribution < -0.4 is 10.5 Å². The first-order valence-electron chi connectivity index (χ1n) is 6.96. The lowest BCUT2D eigenvalue weighted by Crippen LogP contribution is -2.50. The number of fused-ring (bicyclic) bond motifs is 1. The molecule has 19 heavy (non-hydrogen) atoms. The van der Waals surface area contributed by atoms with Crippen LogP contribution in [0, 0.1) is 0 Å². The molecule has 0 saturated carbocycles. The zero-order valence-electron chi connectivity index (χ0n) is 11.3. The largest absolute Gasteiger partial charge is 0.486 e. The molecule has 1 saturated heterocycles. The number of hydrogen-bond acceptors (Lipinski definition) is 4. The van der Waals surface area contributed by atoms with Gasteiger partial charge in [0.15, 0.2) is 5.78 Å². The maximum absolute atomic E-state index is 12.3. The fourth-order valence-electron chi connectivity index (χ4n) is 3.07. The van der Waals surface area contributed by atoms with Crippen LogP contribution >= 0.6 is 0 Å². The Kier molecular flexibility index (Phi) is 2.97. The summed E-state index contributed by atoms with van der Waals surface area (Å²) >= 11 is 0. The lowest BCUT2D eigenvalue weighted by molar-refractivity contribution is -0.00778. The van der Waals surface area contributed by atoms with Crippen LogP contribution in [-0.4, -0.2) is 35.9 Å². The third-order valence-corrected chi connectivity index (χ3v) is 4.33. The SMILES string of the molecule is CCN1CCC2(CC1)CC(=O)c1cc(N)ccc1O2. The smallest absolute Gasteiger partial charge is 0.170 e. The highest BCUT2D eigenvalue weighted by atomic mass is 16.5. The van der Waals surface area contributed by atoms with Crippen molar-refractivity contribution in [3.8, 4) is 5.75 Å². The quantitative estimate of drug-likeness (QED) is 0.786. The van der Waals surface area contributed by atoms with E-state index in [0.717, 1.165) is 32.5 Å². The van der Waals surface area contributed by atoms with Crippen molar-refractivity contribution >= 4 is 11.5 Å². The first kappa shape index (κ1) is 12.5. The highest BCUT2D eigenvalue weighted by Crippen LogP contribution is 2.39. The van der Waals surface area contributed by atoms with Crippen LogP contribution in [0.3, 0.4) is 0 Å². The average Bonchev–Trinajstić information content (AvgIpc) is 2.41. The van der Waals surface area contributed by atoms with Crippen molar-refractivity contribution in [2.24, 2.45) is 0 Å². The van der Waals surface area contributed by atoms with E-state index in [0.29, 0.717) is 23.4 Å². The number of carbonyl (C=O) groups is 1. The molecule has 0 aliphatic carbocycles. The summed E-state index contributed by atoms with van der Waals surface area (Å²) in [5.41, 5.74) is 6.71. The second-order valence-corrected chi connectivity index (χ2v) is 5.57. The minimum atomic E-state index is -0.286. The summed E-state index contributed by atoms with van der Waals surface area (Å²) in [6, 6.07) is 5.35. The molecule has 2 aliphatic heterocycles. The van der Waals surface area contributed by atoms with Crippen LogP contribution in [0.2, 0.25) is 0 Å². The molecule has 0 unspecified atom stereocenters. The molecule has 4 nitrogen and oxygen atoms in total. The highest BCUT2D eigenvalue weighted by Gasteiger charge is 2.42. The maximum Gasteiger partial charge on any atom is 0.170 e. The summed E-state index contributed by atoms with van der Waals surface area (Å²) in [5, 5.41) is 0.